The minimum Gasteiger partial charge on any atom is -0.459 e. The maximum absolute atomic E-state index is 12.7. The maximum atomic E-state index is 12.7. The van der Waals surface area contributed by atoms with Crippen LogP contribution >= 0.6 is 0 Å². The third kappa shape index (κ3) is 5.74. The SMILES string of the molecule is Cc1cc(C(=O)COC(=O)[C@@H](NC(=O)c2ccco2)C(C)C)c(C)n1CC(F)(F)F. The Labute approximate surface area is 171 Å². The van der Waals surface area contributed by atoms with Crippen LogP contribution in [0.5, 0.6) is 0 Å². The molecule has 1 N–H and O–H groups in total. The summed E-state index contributed by atoms with van der Waals surface area (Å²) in [6.45, 7) is 4.34. The molecule has 0 aliphatic heterocycles. The summed E-state index contributed by atoms with van der Waals surface area (Å²) < 4.78 is 49.2. The Morgan fingerprint density at radius 3 is 2.43 bits per heavy atom. The van der Waals surface area contributed by atoms with Crippen molar-refractivity contribution < 1.29 is 36.7 Å². The number of nitrogens with zero attached hydrogens (tertiary/aromatic N) is 1. The number of hydrogen-bond donors (Lipinski definition) is 1. The summed E-state index contributed by atoms with van der Waals surface area (Å²) in [4.78, 5) is 36.9. The van der Waals surface area contributed by atoms with E-state index in [1.165, 1.54) is 38.3 Å². The molecule has 7 nitrogen and oxygen atoms in total. The highest BCUT2D eigenvalue weighted by atomic mass is 19.4. The van der Waals surface area contributed by atoms with Gasteiger partial charge in [0.15, 0.2) is 12.4 Å². The number of carbonyl (C=O) groups excluding carboxylic acids is 3. The van der Waals surface area contributed by atoms with Gasteiger partial charge in [-0.2, -0.15) is 13.2 Å². The van der Waals surface area contributed by atoms with Gasteiger partial charge < -0.3 is 19.0 Å². The van der Waals surface area contributed by atoms with Crippen LogP contribution in [0.1, 0.15) is 46.1 Å². The molecule has 2 heterocycles. The first-order valence-corrected chi connectivity index (χ1v) is 9.18. The van der Waals surface area contributed by atoms with Crippen LogP contribution < -0.4 is 5.32 Å². The summed E-state index contributed by atoms with van der Waals surface area (Å²) in [5, 5.41) is 2.48. The number of furan rings is 1. The molecule has 1 atom stereocenters. The highest BCUT2D eigenvalue weighted by molar-refractivity contribution is 6.00. The molecule has 2 aromatic heterocycles. The number of nitrogens with one attached hydrogen (secondary N) is 1. The van der Waals surface area contributed by atoms with Gasteiger partial charge in [0.05, 0.1) is 6.26 Å². The van der Waals surface area contributed by atoms with E-state index in [1.54, 1.807) is 13.8 Å². The quantitative estimate of drug-likeness (QED) is 0.514. The van der Waals surface area contributed by atoms with Crippen LogP contribution in [0.25, 0.3) is 0 Å². The van der Waals surface area contributed by atoms with Crippen LogP contribution in [0.3, 0.4) is 0 Å². The van der Waals surface area contributed by atoms with Crippen LogP contribution in [-0.4, -0.2) is 41.1 Å². The van der Waals surface area contributed by atoms with Gasteiger partial charge in [0.1, 0.15) is 12.6 Å². The first-order chi connectivity index (χ1) is 13.9. The summed E-state index contributed by atoms with van der Waals surface area (Å²) in [6, 6.07) is 3.24. The van der Waals surface area contributed by atoms with E-state index >= 15 is 0 Å². The molecule has 0 aliphatic rings. The number of halogens is 3. The van der Waals surface area contributed by atoms with E-state index in [9.17, 15) is 27.6 Å². The lowest BCUT2D eigenvalue weighted by atomic mass is 10.0. The number of aromatic nitrogens is 1. The molecule has 0 saturated carbocycles. The average molecular weight is 428 g/mol. The van der Waals surface area contributed by atoms with Crippen LogP contribution in [-0.2, 0) is 16.1 Å². The molecular formula is C20H23F3N2O5. The van der Waals surface area contributed by atoms with Gasteiger partial charge in [0.2, 0.25) is 5.78 Å². The Balaban J connectivity index is 2.04. The molecular weight excluding hydrogens is 405 g/mol. The lowest BCUT2D eigenvalue weighted by Crippen LogP contribution is -2.45. The van der Waals surface area contributed by atoms with Crippen molar-refractivity contribution in [3.8, 4) is 0 Å². The summed E-state index contributed by atoms with van der Waals surface area (Å²) in [7, 11) is 0. The molecule has 0 fully saturated rings. The predicted molar refractivity (Wildman–Crippen MR) is 100 cm³/mol. The third-order valence-electron chi connectivity index (χ3n) is 4.51. The van der Waals surface area contributed by atoms with E-state index in [1.807, 2.05) is 0 Å². The maximum Gasteiger partial charge on any atom is 0.406 e. The van der Waals surface area contributed by atoms with Crippen molar-refractivity contribution in [1.82, 2.24) is 9.88 Å². The third-order valence-corrected chi connectivity index (χ3v) is 4.51. The first-order valence-electron chi connectivity index (χ1n) is 9.18. The molecule has 0 saturated heterocycles. The van der Waals surface area contributed by atoms with E-state index in [0.29, 0.717) is 0 Å². The fraction of sp³-hybridized carbons (Fsp3) is 0.450. The number of esters is 1. The van der Waals surface area contributed by atoms with Gasteiger partial charge in [0.25, 0.3) is 5.91 Å². The molecule has 2 aromatic rings. The van der Waals surface area contributed by atoms with Crippen molar-refractivity contribution in [3.63, 3.8) is 0 Å². The average Bonchev–Trinajstić information content (AvgIpc) is 3.27. The topological polar surface area (TPSA) is 90.5 Å². The molecule has 0 bridgehead atoms. The number of hydrogen-bond acceptors (Lipinski definition) is 5. The summed E-state index contributed by atoms with van der Waals surface area (Å²) >= 11 is 0. The molecule has 1 amide bonds. The van der Waals surface area contributed by atoms with Crippen molar-refractivity contribution in [1.29, 1.82) is 0 Å². The van der Waals surface area contributed by atoms with Gasteiger partial charge in [-0.05, 0) is 38.0 Å². The molecule has 0 spiro atoms. The molecule has 30 heavy (non-hydrogen) atoms. The summed E-state index contributed by atoms with van der Waals surface area (Å²) in [5.74, 6) is -2.41. The number of carbonyl (C=O) groups is 3. The molecule has 0 aliphatic carbocycles. The van der Waals surface area contributed by atoms with Crippen LogP contribution in [0.15, 0.2) is 28.9 Å². The summed E-state index contributed by atoms with van der Waals surface area (Å²) in [5.41, 5.74) is 0.452. The van der Waals surface area contributed by atoms with Gasteiger partial charge in [-0.3, -0.25) is 9.59 Å². The van der Waals surface area contributed by atoms with Gasteiger partial charge in [-0.25, -0.2) is 4.79 Å². The molecule has 2 rings (SSSR count). The Kier molecular flexibility index (Phi) is 7.12. The largest absolute Gasteiger partial charge is 0.459 e. The zero-order valence-electron chi connectivity index (χ0n) is 17.0. The predicted octanol–water partition coefficient (Wildman–Crippen LogP) is 3.44. The first kappa shape index (κ1) is 23.2. The molecule has 10 heteroatoms. The van der Waals surface area contributed by atoms with Gasteiger partial charge >= 0.3 is 12.1 Å². The zero-order chi connectivity index (χ0) is 22.6. The number of aryl methyl sites for hydroxylation is 1. The number of ether oxygens (including phenoxy) is 1. The van der Waals surface area contributed by atoms with E-state index < -0.39 is 43.0 Å². The second kappa shape index (κ2) is 9.19. The van der Waals surface area contributed by atoms with E-state index in [2.05, 4.69) is 5.32 Å². The second-order valence-electron chi connectivity index (χ2n) is 7.19. The second-order valence-corrected chi connectivity index (χ2v) is 7.19. The Morgan fingerprint density at radius 1 is 1.23 bits per heavy atom. The Morgan fingerprint density at radius 2 is 1.90 bits per heavy atom. The van der Waals surface area contributed by atoms with Crippen molar-refractivity contribution in [2.75, 3.05) is 6.61 Å². The molecule has 0 radical (unpaired) electrons. The number of alkyl halides is 3. The van der Waals surface area contributed by atoms with Crippen molar-refractivity contribution in [3.05, 3.63) is 47.2 Å². The number of rotatable bonds is 8. The number of ketones is 1. The molecule has 0 aromatic carbocycles. The Hall–Kier alpha value is -3.04. The lowest BCUT2D eigenvalue weighted by molar-refractivity contribution is -0.146. The fourth-order valence-electron chi connectivity index (χ4n) is 2.93. The van der Waals surface area contributed by atoms with Crippen molar-refractivity contribution in [2.24, 2.45) is 5.92 Å². The monoisotopic (exact) mass is 428 g/mol. The summed E-state index contributed by atoms with van der Waals surface area (Å²) in [6.07, 6.45) is -3.12. The van der Waals surface area contributed by atoms with Gasteiger partial charge in [-0.15, -0.1) is 0 Å². The van der Waals surface area contributed by atoms with Crippen molar-refractivity contribution >= 4 is 17.7 Å². The van der Waals surface area contributed by atoms with Crippen LogP contribution in [0, 0.1) is 19.8 Å². The standard InChI is InChI=1S/C20H23F3N2O5/c1-11(2)17(24-18(27)16-6-5-7-29-16)19(28)30-9-15(26)14-8-12(3)25(13(14)4)10-20(21,22)23/h5-8,11,17H,9-10H2,1-4H3,(H,24,27)/t17-/m0/s1. The zero-order valence-corrected chi connectivity index (χ0v) is 17.0. The smallest absolute Gasteiger partial charge is 0.406 e. The lowest BCUT2D eigenvalue weighted by Gasteiger charge is -2.20. The fourth-order valence-corrected chi connectivity index (χ4v) is 2.93. The Bertz CT molecular complexity index is 914. The van der Waals surface area contributed by atoms with E-state index in [4.69, 9.17) is 9.15 Å². The van der Waals surface area contributed by atoms with Gasteiger partial charge in [0, 0.05) is 17.0 Å². The minimum atomic E-state index is -4.43. The molecule has 0 unspecified atom stereocenters. The highest BCUT2D eigenvalue weighted by Crippen LogP contribution is 2.23. The number of amides is 1. The van der Waals surface area contributed by atoms with E-state index in [0.717, 1.165) is 4.57 Å². The number of Topliss-reactive ketones (excluding diaryl/α,β-unsaturated/α-hetero) is 1. The highest BCUT2D eigenvalue weighted by Gasteiger charge is 2.31. The van der Waals surface area contributed by atoms with E-state index in [-0.39, 0.29) is 28.6 Å². The molecule has 164 valence electrons. The normalized spacial score (nSPS) is 12.7. The van der Waals surface area contributed by atoms with Crippen LogP contribution in [0.2, 0.25) is 0 Å². The van der Waals surface area contributed by atoms with Gasteiger partial charge in [-0.1, -0.05) is 13.8 Å². The van der Waals surface area contributed by atoms with Crippen LogP contribution in [0.4, 0.5) is 13.2 Å². The van der Waals surface area contributed by atoms with Crippen molar-refractivity contribution in [2.45, 2.75) is 46.5 Å². The minimum absolute atomic E-state index is 0.0154.